The number of nitrogens with one attached hydrogen (secondary N) is 1. The molecule has 1 aliphatic carbocycles. The molecule has 1 saturated carbocycles. The summed E-state index contributed by atoms with van der Waals surface area (Å²) in [6, 6.07) is 0. The van der Waals surface area contributed by atoms with Crippen molar-refractivity contribution in [1.29, 1.82) is 0 Å². The van der Waals surface area contributed by atoms with E-state index in [9.17, 15) is 9.90 Å². The summed E-state index contributed by atoms with van der Waals surface area (Å²) in [4.78, 5) is 11.9. The summed E-state index contributed by atoms with van der Waals surface area (Å²) in [6.45, 7) is 3.95. The molecule has 94 valence electrons. The molecule has 1 aliphatic rings. The number of hydrogen-bond acceptors (Lipinski definition) is 4. The van der Waals surface area contributed by atoms with Crippen molar-refractivity contribution in [2.75, 3.05) is 6.54 Å². The van der Waals surface area contributed by atoms with E-state index >= 15 is 0 Å². The topological polar surface area (TPSA) is 75.4 Å². The Bertz CT molecular complexity index is 410. The maximum Gasteiger partial charge on any atom is 0.256 e. The first-order valence-electron chi connectivity index (χ1n) is 6.04. The molecule has 1 aromatic heterocycles. The lowest BCUT2D eigenvalue weighted by molar-refractivity contribution is 0.0899. The van der Waals surface area contributed by atoms with Gasteiger partial charge in [0, 0.05) is 6.54 Å². The molecule has 2 N–H and O–H groups in total. The summed E-state index contributed by atoms with van der Waals surface area (Å²) >= 11 is 0. The second kappa shape index (κ2) is 4.87. The van der Waals surface area contributed by atoms with Gasteiger partial charge in [0.25, 0.3) is 5.91 Å². The fraction of sp³-hybridized carbons (Fsp3) is 0.667. The van der Waals surface area contributed by atoms with Gasteiger partial charge in [-0.15, -0.1) is 0 Å². The summed E-state index contributed by atoms with van der Waals surface area (Å²) in [7, 11) is 0. The molecule has 1 amide bonds. The van der Waals surface area contributed by atoms with Crippen LogP contribution in [0.2, 0.25) is 0 Å². The van der Waals surface area contributed by atoms with E-state index < -0.39 is 6.10 Å². The molecule has 0 aliphatic heterocycles. The Kier molecular flexibility index (Phi) is 3.47. The van der Waals surface area contributed by atoms with Gasteiger partial charge in [0.05, 0.1) is 11.8 Å². The lowest BCUT2D eigenvalue weighted by Crippen LogP contribution is -2.33. The van der Waals surface area contributed by atoms with Crippen LogP contribution in [0.25, 0.3) is 0 Å². The molecule has 0 aromatic carbocycles. The quantitative estimate of drug-likeness (QED) is 0.804. The van der Waals surface area contributed by atoms with E-state index in [1.54, 1.807) is 6.92 Å². The van der Waals surface area contributed by atoms with E-state index in [4.69, 9.17) is 4.52 Å². The Hall–Kier alpha value is -1.36. The molecule has 1 fully saturated rings. The average molecular weight is 238 g/mol. The third-order valence-corrected chi connectivity index (χ3v) is 3.13. The first-order valence-corrected chi connectivity index (χ1v) is 6.04. The van der Waals surface area contributed by atoms with Gasteiger partial charge in [-0.1, -0.05) is 12.1 Å². The SMILES string of the molecule is CCc1noc(C)c1C(=O)NCC(O)C1CC1. The van der Waals surface area contributed by atoms with Gasteiger partial charge in [-0.05, 0) is 32.1 Å². The van der Waals surface area contributed by atoms with Crippen molar-refractivity contribution < 1.29 is 14.4 Å². The summed E-state index contributed by atoms with van der Waals surface area (Å²) < 4.78 is 5.00. The van der Waals surface area contributed by atoms with Gasteiger partial charge in [-0.2, -0.15) is 0 Å². The molecule has 1 heterocycles. The predicted molar refractivity (Wildman–Crippen MR) is 61.7 cm³/mol. The van der Waals surface area contributed by atoms with Crippen LogP contribution in [0.5, 0.6) is 0 Å². The summed E-state index contributed by atoms with van der Waals surface area (Å²) in [5.41, 5.74) is 1.18. The number of hydrogen-bond donors (Lipinski definition) is 2. The molecule has 0 radical (unpaired) electrons. The Morgan fingerprint density at radius 2 is 2.35 bits per heavy atom. The van der Waals surface area contributed by atoms with E-state index in [1.807, 2.05) is 6.92 Å². The van der Waals surface area contributed by atoms with E-state index in [2.05, 4.69) is 10.5 Å². The number of aryl methyl sites for hydroxylation is 2. The monoisotopic (exact) mass is 238 g/mol. The fourth-order valence-electron chi connectivity index (χ4n) is 1.88. The Morgan fingerprint density at radius 1 is 1.65 bits per heavy atom. The van der Waals surface area contributed by atoms with Crippen LogP contribution in [0.1, 0.15) is 41.6 Å². The third-order valence-electron chi connectivity index (χ3n) is 3.13. The molecular weight excluding hydrogens is 220 g/mol. The number of amides is 1. The molecule has 2 rings (SSSR count). The number of carbonyl (C=O) groups is 1. The minimum atomic E-state index is -0.427. The molecule has 1 atom stereocenters. The van der Waals surface area contributed by atoms with Crippen LogP contribution in [0.4, 0.5) is 0 Å². The van der Waals surface area contributed by atoms with Crippen LogP contribution >= 0.6 is 0 Å². The maximum atomic E-state index is 11.9. The summed E-state index contributed by atoms with van der Waals surface area (Å²) in [5.74, 6) is 0.685. The largest absolute Gasteiger partial charge is 0.391 e. The van der Waals surface area contributed by atoms with Gasteiger partial charge < -0.3 is 14.9 Å². The average Bonchev–Trinajstić information content (AvgIpc) is 3.09. The highest BCUT2D eigenvalue weighted by Crippen LogP contribution is 2.32. The highest BCUT2D eigenvalue weighted by Gasteiger charge is 2.30. The van der Waals surface area contributed by atoms with E-state index in [0.717, 1.165) is 12.8 Å². The number of aromatic nitrogens is 1. The van der Waals surface area contributed by atoms with E-state index in [1.165, 1.54) is 0 Å². The number of aliphatic hydroxyl groups excluding tert-OH is 1. The van der Waals surface area contributed by atoms with Crippen molar-refractivity contribution in [2.24, 2.45) is 5.92 Å². The molecule has 0 spiro atoms. The van der Waals surface area contributed by atoms with Gasteiger partial charge in [0.2, 0.25) is 0 Å². The zero-order valence-corrected chi connectivity index (χ0v) is 10.2. The maximum absolute atomic E-state index is 11.9. The van der Waals surface area contributed by atoms with E-state index in [0.29, 0.717) is 35.9 Å². The summed E-state index contributed by atoms with van der Waals surface area (Å²) in [6.07, 6.45) is 2.35. The first kappa shape index (κ1) is 12.1. The lowest BCUT2D eigenvalue weighted by atomic mass is 10.1. The van der Waals surface area contributed by atoms with Gasteiger partial charge in [0.15, 0.2) is 0 Å². The molecule has 5 nitrogen and oxygen atoms in total. The fourth-order valence-corrected chi connectivity index (χ4v) is 1.88. The van der Waals surface area contributed by atoms with Crippen LogP contribution in [0, 0.1) is 12.8 Å². The predicted octanol–water partition coefficient (Wildman–Crippen LogP) is 1.05. The van der Waals surface area contributed by atoms with E-state index in [-0.39, 0.29) is 5.91 Å². The molecule has 17 heavy (non-hydrogen) atoms. The van der Waals surface area contributed by atoms with Crippen LogP contribution in [0.3, 0.4) is 0 Å². The minimum Gasteiger partial charge on any atom is -0.391 e. The second-order valence-electron chi connectivity index (χ2n) is 4.53. The second-order valence-corrected chi connectivity index (χ2v) is 4.53. The van der Waals surface area contributed by atoms with Crippen LogP contribution in [-0.2, 0) is 6.42 Å². The highest BCUT2D eigenvalue weighted by atomic mass is 16.5. The van der Waals surface area contributed by atoms with Crippen LogP contribution < -0.4 is 5.32 Å². The zero-order chi connectivity index (χ0) is 12.4. The first-order chi connectivity index (χ1) is 8.13. The molecule has 0 saturated heterocycles. The standard InChI is InChI=1S/C12H18N2O3/c1-3-9-11(7(2)17-14-9)12(16)13-6-10(15)8-4-5-8/h8,10,15H,3-6H2,1-2H3,(H,13,16). The number of rotatable bonds is 5. The highest BCUT2D eigenvalue weighted by molar-refractivity contribution is 5.96. The van der Waals surface area contributed by atoms with Crippen molar-refractivity contribution in [3.05, 3.63) is 17.0 Å². The number of aliphatic hydroxyl groups is 1. The molecule has 1 unspecified atom stereocenters. The lowest BCUT2D eigenvalue weighted by Gasteiger charge is -2.10. The Labute approximate surface area is 100 Å². The zero-order valence-electron chi connectivity index (χ0n) is 10.2. The Morgan fingerprint density at radius 3 is 2.94 bits per heavy atom. The van der Waals surface area contributed by atoms with Crippen molar-refractivity contribution in [3.8, 4) is 0 Å². The van der Waals surface area contributed by atoms with Crippen molar-refractivity contribution in [2.45, 2.75) is 39.2 Å². The van der Waals surface area contributed by atoms with Crippen molar-refractivity contribution in [1.82, 2.24) is 10.5 Å². The van der Waals surface area contributed by atoms with Gasteiger partial charge in [0.1, 0.15) is 11.3 Å². The smallest absolute Gasteiger partial charge is 0.256 e. The summed E-state index contributed by atoms with van der Waals surface area (Å²) in [5, 5.41) is 16.2. The van der Waals surface area contributed by atoms with Crippen molar-refractivity contribution >= 4 is 5.91 Å². The number of carbonyl (C=O) groups excluding carboxylic acids is 1. The minimum absolute atomic E-state index is 0.208. The van der Waals surface area contributed by atoms with Gasteiger partial charge in [-0.25, -0.2) is 0 Å². The van der Waals surface area contributed by atoms with Gasteiger partial charge in [-0.3, -0.25) is 4.79 Å². The number of nitrogens with zero attached hydrogens (tertiary/aromatic N) is 1. The van der Waals surface area contributed by atoms with Crippen molar-refractivity contribution in [3.63, 3.8) is 0 Å². The Balaban J connectivity index is 1.96. The van der Waals surface area contributed by atoms with Gasteiger partial charge >= 0.3 is 0 Å². The molecular formula is C12H18N2O3. The molecule has 0 bridgehead atoms. The van der Waals surface area contributed by atoms with Crippen LogP contribution in [-0.4, -0.2) is 28.8 Å². The third kappa shape index (κ3) is 2.66. The van der Waals surface area contributed by atoms with Crippen LogP contribution in [0.15, 0.2) is 4.52 Å². The molecule has 1 aromatic rings. The molecule has 5 heteroatoms. The normalized spacial score (nSPS) is 16.9.